The van der Waals surface area contributed by atoms with E-state index < -0.39 is 0 Å². The summed E-state index contributed by atoms with van der Waals surface area (Å²) in [5.41, 5.74) is 0. The molecule has 0 spiro atoms. The van der Waals surface area contributed by atoms with Crippen LogP contribution >= 0.6 is 0 Å². The molecule has 0 rings (SSSR count). The molecule has 0 heterocycles. The lowest BCUT2D eigenvalue weighted by molar-refractivity contribution is 0.763. The highest BCUT2D eigenvalue weighted by Gasteiger charge is 1.80. The molecule has 0 heteroatoms. The predicted octanol–water partition coefficient (Wildman–Crippen LogP) is 3.88. The zero-order valence-corrected chi connectivity index (χ0v) is 10.4. The molecular formula is C17H18. The van der Waals surface area contributed by atoms with Crippen LogP contribution in [0.5, 0.6) is 0 Å². The number of hydrogen-bond donors (Lipinski definition) is 0. The minimum atomic E-state index is 1.11. The Morgan fingerprint density at radius 1 is 0.941 bits per heavy atom. The van der Waals surface area contributed by atoms with Gasteiger partial charge in [-0.2, -0.15) is 0 Å². The molecule has 0 fully saturated rings. The third-order valence-electron chi connectivity index (χ3n) is 1.84. The third kappa shape index (κ3) is 13.9. The summed E-state index contributed by atoms with van der Waals surface area (Å²) < 4.78 is 0. The minimum Gasteiger partial charge on any atom is -0.103 e. The van der Waals surface area contributed by atoms with Crippen LogP contribution in [0.1, 0.15) is 32.6 Å². The fourth-order valence-electron chi connectivity index (χ4n) is 1.03. The molecular weight excluding hydrogens is 204 g/mol. The molecule has 0 bridgehead atoms. The highest BCUT2D eigenvalue weighted by Crippen LogP contribution is 2.00. The molecule has 0 aromatic carbocycles. The fraction of sp³-hybridized carbons (Fsp3) is 0.294. The van der Waals surface area contributed by atoms with Crippen molar-refractivity contribution >= 4 is 0 Å². The van der Waals surface area contributed by atoms with Crippen molar-refractivity contribution in [2.75, 3.05) is 0 Å². The molecule has 0 aromatic rings. The van der Waals surface area contributed by atoms with Crippen LogP contribution in [0.3, 0.4) is 0 Å². The van der Waals surface area contributed by atoms with Gasteiger partial charge < -0.3 is 0 Å². The summed E-state index contributed by atoms with van der Waals surface area (Å²) in [6, 6.07) is 0. The lowest BCUT2D eigenvalue weighted by atomic mass is 10.2. The van der Waals surface area contributed by atoms with Gasteiger partial charge in [0.05, 0.1) is 0 Å². The SMILES string of the molecule is C=CCCCC/C=C/C=C/C#CC#CC#CC. The van der Waals surface area contributed by atoms with E-state index in [9.17, 15) is 0 Å². The molecule has 0 aliphatic rings. The van der Waals surface area contributed by atoms with E-state index in [1.807, 2.05) is 18.2 Å². The van der Waals surface area contributed by atoms with E-state index >= 15 is 0 Å². The summed E-state index contributed by atoms with van der Waals surface area (Å²) in [4.78, 5) is 0. The maximum atomic E-state index is 3.69. The van der Waals surface area contributed by atoms with Gasteiger partial charge in [0.2, 0.25) is 0 Å². The Balaban J connectivity index is 3.65. The lowest BCUT2D eigenvalue weighted by Gasteiger charge is -1.90. The summed E-state index contributed by atoms with van der Waals surface area (Å²) in [6.45, 7) is 5.44. The van der Waals surface area contributed by atoms with Gasteiger partial charge in [0.15, 0.2) is 0 Å². The number of hydrogen-bond acceptors (Lipinski definition) is 0. The van der Waals surface area contributed by atoms with Crippen LogP contribution in [0.2, 0.25) is 0 Å². The van der Waals surface area contributed by atoms with Gasteiger partial charge in [0, 0.05) is 0 Å². The standard InChI is InChI=1S/C17H18/c1-3-5-7-9-11-13-15-17-16-14-12-10-8-6-4-2/h3,13,15-17H,1,5,7,9,11H2,2H3/b15-13+,17-16+. The van der Waals surface area contributed by atoms with Gasteiger partial charge in [-0.05, 0) is 62.4 Å². The lowest BCUT2D eigenvalue weighted by Crippen LogP contribution is -1.70. The van der Waals surface area contributed by atoms with Crippen molar-refractivity contribution in [1.82, 2.24) is 0 Å². The molecule has 0 saturated carbocycles. The Hall–Kier alpha value is -2.10. The number of allylic oxidation sites excluding steroid dienone is 5. The summed E-state index contributed by atoms with van der Waals surface area (Å²) in [5, 5.41) is 0. The second-order valence-corrected chi connectivity index (χ2v) is 3.25. The molecule has 0 aliphatic carbocycles. The van der Waals surface area contributed by atoms with Crippen LogP contribution in [-0.4, -0.2) is 0 Å². The van der Waals surface area contributed by atoms with E-state index in [0.717, 1.165) is 12.8 Å². The van der Waals surface area contributed by atoms with Crippen molar-refractivity contribution in [3.63, 3.8) is 0 Å². The van der Waals surface area contributed by atoms with Crippen molar-refractivity contribution in [2.24, 2.45) is 0 Å². The molecule has 0 radical (unpaired) electrons. The van der Waals surface area contributed by atoms with Crippen LogP contribution in [0.4, 0.5) is 0 Å². The Morgan fingerprint density at radius 2 is 1.71 bits per heavy atom. The zero-order chi connectivity index (χ0) is 12.6. The van der Waals surface area contributed by atoms with E-state index in [1.54, 1.807) is 13.0 Å². The molecule has 0 amide bonds. The Morgan fingerprint density at radius 3 is 2.47 bits per heavy atom. The summed E-state index contributed by atoms with van der Waals surface area (Å²) in [5.74, 6) is 16.1. The molecule has 0 atom stereocenters. The van der Waals surface area contributed by atoms with Crippen LogP contribution in [0.15, 0.2) is 37.0 Å². The maximum Gasteiger partial charge on any atom is -0.000709 e. The van der Waals surface area contributed by atoms with Gasteiger partial charge in [-0.15, -0.1) is 6.58 Å². The topological polar surface area (TPSA) is 0 Å². The van der Waals surface area contributed by atoms with Crippen molar-refractivity contribution in [1.29, 1.82) is 0 Å². The molecule has 0 N–H and O–H groups in total. The van der Waals surface area contributed by atoms with Crippen molar-refractivity contribution in [2.45, 2.75) is 32.6 Å². The van der Waals surface area contributed by atoms with E-state index in [1.165, 1.54) is 12.8 Å². The van der Waals surface area contributed by atoms with Crippen molar-refractivity contribution in [3.05, 3.63) is 37.0 Å². The molecule has 86 valence electrons. The van der Waals surface area contributed by atoms with Gasteiger partial charge in [-0.25, -0.2) is 0 Å². The van der Waals surface area contributed by atoms with Crippen LogP contribution in [0.25, 0.3) is 0 Å². The average Bonchev–Trinajstić information content (AvgIpc) is 2.35. The Kier molecular flexibility index (Phi) is 12.2. The van der Waals surface area contributed by atoms with E-state index in [2.05, 4.69) is 48.2 Å². The van der Waals surface area contributed by atoms with Gasteiger partial charge in [-0.1, -0.05) is 36.1 Å². The fourth-order valence-corrected chi connectivity index (χ4v) is 1.03. The maximum absolute atomic E-state index is 3.69. The second kappa shape index (κ2) is 13.9. The zero-order valence-electron chi connectivity index (χ0n) is 10.4. The molecule has 0 aromatic heterocycles. The predicted molar refractivity (Wildman–Crippen MR) is 75.9 cm³/mol. The van der Waals surface area contributed by atoms with Crippen molar-refractivity contribution in [3.8, 4) is 35.5 Å². The molecule has 0 saturated heterocycles. The van der Waals surface area contributed by atoms with Gasteiger partial charge in [-0.3, -0.25) is 0 Å². The summed E-state index contributed by atoms with van der Waals surface area (Å²) in [7, 11) is 0. The van der Waals surface area contributed by atoms with E-state index in [4.69, 9.17) is 0 Å². The second-order valence-electron chi connectivity index (χ2n) is 3.25. The Bertz CT molecular complexity index is 428. The monoisotopic (exact) mass is 222 g/mol. The Labute approximate surface area is 106 Å². The highest BCUT2D eigenvalue weighted by atomic mass is 13.9. The largest absolute Gasteiger partial charge is 0.103 e. The van der Waals surface area contributed by atoms with Crippen molar-refractivity contribution < 1.29 is 0 Å². The van der Waals surface area contributed by atoms with E-state index in [0.29, 0.717) is 0 Å². The summed E-state index contributed by atoms with van der Waals surface area (Å²) in [6.07, 6.45) is 14.5. The van der Waals surface area contributed by atoms with E-state index in [-0.39, 0.29) is 0 Å². The summed E-state index contributed by atoms with van der Waals surface area (Å²) >= 11 is 0. The quantitative estimate of drug-likeness (QED) is 0.277. The van der Waals surface area contributed by atoms with Gasteiger partial charge in [0.25, 0.3) is 0 Å². The minimum absolute atomic E-state index is 1.11. The molecule has 17 heavy (non-hydrogen) atoms. The highest BCUT2D eigenvalue weighted by molar-refractivity contribution is 5.37. The smallest absolute Gasteiger partial charge is 0.000709 e. The van der Waals surface area contributed by atoms with Crippen LogP contribution < -0.4 is 0 Å². The third-order valence-corrected chi connectivity index (χ3v) is 1.84. The first-order valence-electron chi connectivity index (χ1n) is 5.76. The van der Waals surface area contributed by atoms with Gasteiger partial charge in [0.1, 0.15) is 0 Å². The number of rotatable bonds is 6. The normalized spacial score (nSPS) is 8.76. The molecule has 0 nitrogen and oxygen atoms in total. The average molecular weight is 222 g/mol. The first kappa shape index (κ1) is 14.9. The molecule has 0 aliphatic heterocycles. The van der Waals surface area contributed by atoms with Crippen LogP contribution in [-0.2, 0) is 0 Å². The van der Waals surface area contributed by atoms with Crippen LogP contribution in [0, 0.1) is 35.5 Å². The first-order valence-corrected chi connectivity index (χ1v) is 5.76. The number of unbranched alkanes of at least 4 members (excludes halogenated alkanes) is 3. The van der Waals surface area contributed by atoms with Gasteiger partial charge >= 0.3 is 0 Å². The molecule has 0 unspecified atom stereocenters. The first-order chi connectivity index (χ1) is 8.41.